The molecule has 1 aromatic heterocycles. The van der Waals surface area contributed by atoms with Gasteiger partial charge in [0.2, 0.25) is 5.79 Å². The molecule has 2 aliphatic heterocycles. The van der Waals surface area contributed by atoms with Gasteiger partial charge in [0.05, 0.1) is 30.4 Å². The van der Waals surface area contributed by atoms with Gasteiger partial charge in [-0.05, 0) is 77.8 Å². The average molecular weight is 646 g/mol. The van der Waals surface area contributed by atoms with E-state index in [1.165, 1.54) is 14.2 Å². The lowest BCUT2D eigenvalue weighted by molar-refractivity contribution is -0.0865. The highest BCUT2D eigenvalue weighted by molar-refractivity contribution is 6.92. The molecule has 45 heavy (non-hydrogen) atoms. The standard InChI is InChI=1S/C34H39NO8Si2/c1-20-14-27-29(16-22(20)36)44(5,6)18-34(42-27)19-45(7,8)30-17-26(21(2)15-28(30)43-34)41-31-13-12-25(40-31)33(37)35-32-23(38-3)10-9-11-24(32)39-4/h9-17,36H,18-19H2,1-8H3,(H,35,37). The molecule has 0 radical (unpaired) electrons. The molecule has 3 aromatic carbocycles. The Balaban J connectivity index is 1.25. The number of rotatable bonds is 6. The Labute approximate surface area is 265 Å². The number of phenolic OH excluding ortho intramolecular Hbond substituents is 1. The number of fused-ring (bicyclic) bond motifs is 2. The van der Waals surface area contributed by atoms with Crippen LogP contribution in [0.5, 0.6) is 40.4 Å². The van der Waals surface area contributed by atoms with Crippen molar-refractivity contribution < 1.29 is 38.0 Å². The van der Waals surface area contributed by atoms with Gasteiger partial charge in [0.1, 0.15) is 40.2 Å². The summed E-state index contributed by atoms with van der Waals surface area (Å²) in [6, 6.07) is 17.9. The maximum Gasteiger partial charge on any atom is 0.291 e. The summed E-state index contributed by atoms with van der Waals surface area (Å²) >= 11 is 0. The van der Waals surface area contributed by atoms with Crippen LogP contribution in [-0.4, -0.2) is 47.2 Å². The third-order valence-corrected chi connectivity index (χ3v) is 15.3. The van der Waals surface area contributed by atoms with E-state index < -0.39 is 27.8 Å². The van der Waals surface area contributed by atoms with Crippen LogP contribution in [0.15, 0.2) is 59.0 Å². The van der Waals surface area contributed by atoms with E-state index in [-0.39, 0.29) is 11.7 Å². The van der Waals surface area contributed by atoms with Gasteiger partial charge in [0.25, 0.3) is 11.9 Å². The van der Waals surface area contributed by atoms with Crippen LogP contribution in [0, 0.1) is 13.8 Å². The van der Waals surface area contributed by atoms with E-state index in [2.05, 4.69) is 31.5 Å². The number of aryl methyl sites for hydroxylation is 2. The first kappa shape index (κ1) is 30.7. The molecule has 6 rings (SSSR count). The second-order valence-corrected chi connectivity index (χ2v) is 22.5. The molecule has 0 aliphatic carbocycles. The Hall–Kier alpha value is -4.36. The number of ether oxygens (including phenoxy) is 5. The van der Waals surface area contributed by atoms with Crippen molar-refractivity contribution in [1.29, 1.82) is 0 Å². The van der Waals surface area contributed by atoms with Gasteiger partial charge in [-0.1, -0.05) is 32.3 Å². The highest BCUT2D eigenvalue weighted by Crippen LogP contribution is 2.46. The third kappa shape index (κ3) is 5.55. The molecule has 0 saturated heterocycles. The fraction of sp³-hybridized carbons (Fsp3) is 0.324. The fourth-order valence-corrected chi connectivity index (χ4v) is 13.1. The SMILES string of the molecule is COc1cccc(OC)c1NC(=O)c1ccc(Oc2cc3c(cc2C)OC2(C[Si](C)(C)c4cc(O)c(C)cc4O2)C[Si]3(C)C)o1. The Morgan fingerprint density at radius 3 is 2.00 bits per heavy atom. The molecular formula is C34H39NO8Si2. The summed E-state index contributed by atoms with van der Waals surface area (Å²) in [6.45, 7) is 13.1. The zero-order valence-electron chi connectivity index (χ0n) is 26.9. The van der Waals surface area contributed by atoms with Crippen LogP contribution in [0.1, 0.15) is 21.7 Å². The Bertz CT molecular complexity index is 1790. The summed E-state index contributed by atoms with van der Waals surface area (Å²) in [6.07, 6.45) is 0. The molecule has 1 amide bonds. The van der Waals surface area contributed by atoms with Gasteiger partial charge in [-0.15, -0.1) is 0 Å². The monoisotopic (exact) mass is 645 g/mol. The number of aromatic hydroxyl groups is 1. The first-order valence-electron chi connectivity index (χ1n) is 14.9. The lowest BCUT2D eigenvalue weighted by atomic mass is 10.2. The largest absolute Gasteiger partial charge is 0.508 e. The number of furan rings is 1. The second-order valence-electron chi connectivity index (χ2n) is 13.2. The van der Waals surface area contributed by atoms with E-state index >= 15 is 0 Å². The molecule has 0 saturated carbocycles. The minimum absolute atomic E-state index is 0.0821. The minimum Gasteiger partial charge on any atom is -0.508 e. The quantitative estimate of drug-likeness (QED) is 0.224. The van der Waals surface area contributed by atoms with Crippen LogP contribution in [0.3, 0.4) is 0 Å². The van der Waals surface area contributed by atoms with Crippen molar-refractivity contribution in [3.63, 3.8) is 0 Å². The summed E-state index contributed by atoms with van der Waals surface area (Å²) in [4.78, 5) is 13.1. The van der Waals surface area contributed by atoms with Gasteiger partial charge in [-0.25, -0.2) is 0 Å². The average Bonchev–Trinajstić information content (AvgIpc) is 3.43. The number of phenols is 1. The van der Waals surface area contributed by atoms with E-state index in [1.54, 1.807) is 30.3 Å². The van der Waals surface area contributed by atoms with Crippen molar-refractivity contribution in [1.82, 2.24) is 0 Å². The number of hydrogen-bond acceptors (Lipinski definition) is 8. The molecule has 1 unspecified atom stereocenters. The zero-order chi connectivity index (χ0) is 32.3. The maximum atomic E-state index is 13.1. The van der Waals surface area contributed by atoms with Gasteiger partial charge in [-0.2, -0.15) is 0 Å². The first-order chi connectivity index (χ1) is 21.2. The van der Waals surface area contributed by atoms with Crippen molar-refractivity contribution in [2.75, 3.05) is 19.5 Å². The molecule has 3 heterocycles. The fourth-order valence-electron chi connectivity index (χ4n) is 6.59. The van der Waals surface area contributed by atoms with Crippen LogP contribution in [0.25, 0.3) is 0 Å². The molecular weight excluding hydrogens is 607 g/mol. The van der Waals surface area contributed by atoms with Crippen molar-refractivity contribution in [2.24, 2.45) is 0 Å². The number of amides is 1. The van der Waals surface area contributed by atoms with Crippen molar-refractivity contribution in [3.05, 3.63) is 71.5 Å². The molecule has 9 nitrogen and oxygen atoms in total. The van der Waals surface area contributed by atoms with Crippen molar-refractivity contribution in [3.8, 4) is 40.4 Å². The molecule has 0 fully saturated rings. The summed E-state index contributed by atoms with van der Waals surface area (Å²) in [5, 5.41) is 15.5. The van der Waals surface area contributed by atoms with E-state index in [0.717, 1.165) is 45.1 Å². The molecule has 1 atom stereocenters. The Morgan fingerprint density at radius 2 is 1.40 bits per heavy atom. The molecule has 4 aromatic rings. The van der Waals surface area contributed by atoms with Gasteiger partial charge >= 0.3 is 0 Å². The zero-order valence-corrected chi connectivity index (χ0v) is 28.9. The van der Waals surface area contributed by atoms with Crippen molar-refractivity contribution >= 4 is 38.1 Å². The molecule has 0 bridgehead atoms. The van der Waals surface area contributed by atoms with Crippen LogP contribution in [0.4, 0.5) is 5.69 Å². The van der Waals surface area contributed by atoms with Crippen molar-refractivity contribution in [2.45, 2.75) is 57.9 Å². The van der Waals surface area contributed by atoms with Crippen LogP contribution in [0.2, 0.25) is 38.3 Å². The number of anilines is 1. The van der Waals surface area contributed by atoms with Crippen LogP contribution in [-0.2, 0) is 0 Å². The number of para-hydroxylation sites is 1. The Morgan fingerprint density at radius 1 is 0.822 bits per heavy atom. The smallest absolute Gasteiger partial charge is 0.291 e. The predicted octanol–water partition coefficient (Wildman–Crippen LogP) is 6.68. The van der Waals surface area contributed by atoms with Gasteiger partial charge in [0.15, 0.2) is 5.76 Å². The van der Waals surface area contributed by atoms with E-state index in [0.29, 0.717) is 28.7 Å². The molecule has 236 valence electrons. The number of carbonyl (C=O) groups is 1. The van der Waals surface area contributed by atoms with E-state index in [4.69, 9.17) is 28.1 Å². The molecule has 2 N–H and O–H groups in total. The lowest BCUT2D eigenvalue weighted by Crippen LogP contribution is -2.65. The number of benzene rings is 3. The summed E-state index contributed by atoms with van der Waals surface area (Å²) in [5.41, 5.74) is 2.07. The number of nitrogens with one attached hydrogen (secondary N) is 1. The van der Waals surface area contributed by atoms with Gasteiger partial charge < -0.3 is 38.5 Å². The van der Waals surface area contributed by atoms with E-state index in [1.807, 2.05) is 38.1 Å². The predicted molar refractivity (Wildman–Crippen MR) is 178 cm³/mol. The highest BCUT2D eigenvalue weighted by Gasteiger charge is 2.54. The lowest BCUT2D eigenvalue weighted by Gasteiger charge is -2.50. The van der Waals surface area contributed by atoms with Gasteiger partial charge in [0, 0.05) is 18.2 Å². The molecule has 2 aliphatic rings. The third-order valence-electron chi connectivity index (χ3n) is 8.73. The topological polar surface area (TPSA) is 109 Å². The minimum atomic E-state index is -2.10. The number of methoxy groups -OCH3 is 2. The van der Waals surface area contributed by atoms with E-state index in [9.17, 15) is 9.90 Å². The molecule has 11 heteroatoms. The van der Waals surface area contributed by atoms with Crippen LogP contribution < -0.4 is 39.4 Å². The highest BCUT2D eigenvalue weighted by atomic mass is 28.3. The second kappa shape index (κ2) is 10.9. The van der Waals surface area contributed by atoms with Crippen LogP contribution >= 0.6 is 0 Å². The first-order valence-corrected chi connectivity index (χ1v) is 21.3. The molecule has 1 spiro atoms. The summed E-state index contributed by atoms with van der Waals surface area (Å²) in [7, 11) is -1.05. The van der Waals surface area contributed by atoms with Gasteiger partial charge in [-0.3, -0.25) is 4.79 Å². The number of hydrogen-bond donors (Lipinski definition) is 2. The Kier molecular flexibility index (Phi) is 7.44. The number of carbonyl (C=O) groups excluding carboxylic acids is 1. The maximum absolute atomic E-state index is 13.1. The normalized spacial score (nSPS) is 19.0. The summed E-state index contributed by atoms with van der Waals surface area (Å²) in [5.74, 6) is 2.57. The summed E-state index contributed by atoms with van der Waals surface area (Å²) < 4.78 is 36.3.